The zero-order valence-electron chi connectivity index (χ0n) is 18.4. The number of rotatable bonds is 4. The Labute approximate surface area is 197 Å². The molecule has 3 heterocycles. The van der Waals surface area contributed by atoms with Crippen molar-refractivity contribution in [3.05, 3.63) is 57.9 Å². The van der Waals surface area contributed by atoms with Gasteiger partial charge in [-0.15, -0.1) is 0 Å². The monoisotopic (exact) mass is 511 g/mol. The summed E-state index contributed by atoms with van der Waals surface area (Å²) in [6, 6.07) is 8.19. The van der Waals surface area contributed by atoms with E-state index in [1.165, 1.54) is 43.5 Å². The predicted molar refractivity (Wildman–Crippen MR) is 119 cm³/mol. The first-order valence-corrected chi connectivity index (χ1v) is 12.5. The maximum Gasteiger partial charge on any atom is 0.453 e. The van der Waals surface area contributed by atoms with Crippen LogP contribution in [0.3, 0.4) is 0 Å². The van der Waals surface area contributed by atoms with Crippen LogP contribution in [0.4, 0.5) is 13.2 Å². The number of benzene rings is 2. The van der Waals surface area contributed by atoms with E-state index in [1.807, 2.05) is 0 Å². The molecule has 0 saturated carbocycles. The summed E-state index contributed by atoms with van der Waals surface area (Å²) in [7, 11) is -1.74. The van der Waals surface area contributed by atoms with Gasteiger partial charge in [0.05, 0.1) is 29.6 Å². The van der Waals surface area contributed by atoms with Crippen LogP contribution in [0.25, 0.3) is 11.0 Å². The molecule has 1 unspecified atom stereocenters. The molecule has 0 spiro atoms. The predicted octanol–water partition coefficient (Wildman–Crippen LogP) is 3.95. The van der Waals surface area contributed by atoms with Crippen LogP contribution >= 0.6 is 0 Å². The van der Waals surface area contributed by atoms with Gasteiger partial charge in [0.1, 0.15) is 29.6 Å². The van der Waals surface area contributed by atoms with E-state index >= 15 is 0 Å². The first kappa shape index (κ1) is 23.5. The van der Waals surface area contributed by atoms with Gasteiger partial charge in [-0.05, 0) is 42.8 Å². The van der Waals surface area contributed by atoms with Gasteiger partial charge in [0.2, 0.25) is 11.2 Å². The Bertz CT molecular complexity index is 1450. The molecule has 3 aromatic rings. The number of hydrogen-bond acceptors (Lipinski definition) is 8. The third-order valence-corrected chi connectivity index (χ3v) is 7.84. The van der Waals surface area contributed by atoms with Crippen LogP contribution in [-0.4, -0.2) is 44.7 Å². The highest BCUT2D eigenvalue weighted by Gasteiger charge is 2.42. The number of ether oxygens (including phenoxy) is 3. The van der Waals surface area contributed by atoms with Crippen molar-refractivity contribution in [2.45, 2.75) is 25.2 Å². The second-order valence-electron chi connectivity index (χ2n) is 8.36. The minimum absolute atomic E-state index is 0.00198. The average Bonchev–Trinajstić information content (AvgIpc) is 3.19. The Balaban J connectivity index is 1.59. The third-order valence-electron chi connectivity index (χ3n) is 6.09. The molecule has 12 heteroatoms. The van der Waals surface area contributed by atoms with Crippen LogP contribution in [0.1, 0.15) is 17.7 Å². The van der Waals surface area contributed by atoms with Crippen LogP contribution < -0.4 is 19.6 Å². The molecule has 1 aromatic heterocycles. The lowest BCUT2D eigenvalue weighted by atomic mass is 10.1. The van der Waals surface area contributed by atoms with E-state index < -0.39 is 33.0 Å². The summed E-state index contributed by atoms with van der Waals surface area (Å²) in [5, 5.41) is -0.107. The van der Waals surface area contributed by atoms with Gasteiger partial charge >= 0.3 is 6.18 Å². The van der Waals surface area contributed by atoms with Crippen LogP contribution in [0.2, 0.25) is 0 Å². The summed E-state index contributed by atoms with van der Waals surface area (Å²) in [5.41, 5.74) is -1.01. The van der Waals surface area contributed by atoms with Crippen LogP contribution in [-0.2, 0) is 22.6 Å². The Morgan fingerprint density at radius 3 is 2.43 bits per heavy atom. The van der Waals surface area contributed by atoms with Crippen molar-refractivity contribution in [2.75, 3.05) is 25.3 Å². The fourth-order valence-electron chi connectivity index (χ4n) is 4.30. The van der Waals surface area contributed by atoms with Crippen molar-refractivity contribution in [3.8, 4) is 23.0 Å². The highest BCUT2D eigenvalue weighted by molar-refractivity contribution is 7.91. The summed E-state index contributed by atoms with van der Waals surface area (Å²) in [4.78, 5) is 14.9. The highest BCUT2D eigenvalue weighted by Crippen LogP contribution is 2.41. The molecule has 0 radical (unpaired) electrons. The second kappa shape index (κ2) is 8.45. The van der Waals surface area contributed by atoms with E-state index in [0.717, 1.165) is 0 Å². The third kappa shape index (κ3) is 4.43. The number of halogens is 3. The Morgan fingerprint density at radius 1 is 1.09 bits per heavy atom. The smallest absolute Gasteiger partial charge is 0.453 e. The average molecular weight is 511 g/mol. The molecule has 0 aliphatic carbocycles. The fourth-order valence-corrected chi connectivity index (χ4v) is 6.07. The van der Waals surface area contributed by atoms with Gasteiger partial charge < -0.3 is 18.6 Å². The summed E-state index contributed by atoms with van der Waals surface area (Å²) in [6.07, 6.45) is -4.63. The molecule has 0 amide bonds. The van der Waals surface area contributed by atoms with Crippen LogP contribution in [0.5, 0.6) is 23.0 Å². The maximum absolute atomic E-state index is 14.0. The molecule has 2 aliphatic rings. The molecule has 2 aliphatic heterocycles. The molecular weight excluding hydrogens is 491 g/mol. The van der Waals surface area contributed by atoms with Crippen molar-refractivity contribution in [3.63, 3.8) is 0 Å². The molecule has 0 N–H and O–H groups in total. The number of alkyl halides is 3. The van der Waals surface area contributed by atoms with Gasteiger partial charge in [-0.2, -0.15) is 13.2 Å². The molecule has 35 heavy (non-hydrogen) atoms. The molecular formula is C23H20F3NO7S. The normalized spacial score (nSPS) is 19.8. The lowest BCUT2D eigenvalue weighted by molar-refractivity contribution is -0.154. The first-order chi connectivity index (χ1) is 16.6. The minimum atomic E-state index is -5.02. The fraction of sp³-hybridized carbons (Fsp3) is 0.348. The number of sulfone groups is 1. The number of methoxy groups -OCH3 is 1. The quantitative estimate of drug-likeness (QED) is 0.520. The van der Waals surface area contributed by atoms with Crippen molar-refractivity contribution in [2.24, 2.45) is 0 Å². The van der Waals surface area contributed by atoms with Gasteiger partial charge in [-0.25, -0.2) is 8.42 Å². The molecule has 1 fully saturated rings. The van der Waals surface area contributed by atoms with Gasteiger partial charge in [-0.3, -0.25) is 9.69 Å². The standard InChI is InChI=1S/C23H20F3NO7S/c1-31-14-2-4-15(5-3-14)33-21-19(28)16-6-7-18-17(20(16)34-22(21)23(24,25)26)10-27(12-32-18)13-8-9-35(29,30)11-13/h2-7,13H,8-12H2,1H3. The Kier molecular flexibility index (Phi) is 5.67. The van der Waals surface area contributed by atoms with Crippen molar-refractivity contribution >= 4 is 20.8 Å². The van der Waals surface area contributed by atoms with Gasteiger partial charge in [-0.1, -0.05) is 0 Å². The zero-order valence-corrected chi connectivity index (χ0v) is 19.2. The van der Waals surface area contributed by atoms with Gasteiger partial charge in [0.25, 0.3) is 5.76 Å². The van der Waals surface area contributed by atoms with Crippen LogP contribution in [0, 0.1) is 0 Å². The van der Waals surface area contributed by atoms with E-state index in [0.29, 0.717) is 12.2 Å². The Morgan fingerprint density at radius 2 is 1.80 bits per heavy atom. The number of fused-ring (bicyclic) bond motifs is 3. The van der Waals surface area contributed by atoms with Crippen molar-refractivity contribution in [1.29, 1.82) is 0 Å². The Hall–Kier alpha value is -3.25. The molecule has 1 atom stereocenters. The molecule has 0 bridgehead atoms. The summed E-state index contributed by atoms with van der Waals surface area (Å²) < 4.78 is 87.1. The molecule has 2 aromatic carbocycles. The molecule has 5 rings (SSSR count). The van der Waals surface area contributed by atoms with Gasteiger partial charge in [0, 0.05) is 12.6 Å². The molecule has 1 saturated heterocycles. The van der Waals surface area contributed by atoms with E-state index in [2.05, 4.69) is 0 Å². The number of hydrogen-bond donors (Lipinski definition) is 0. The first-order valence-electron chi connectivity index (χ1n) is 10.6. The summed E-state index contributed by atoms with van der Waals surface area (Å²) in [6.45, 7) is 0.152. The van der Waals surface area contributed by atoms with Crippen LogP contribution in [0.15, 0.2) is 45.6 Å². The second-order valence-corrected chi connectivity index (χ2v) is 10.6. The highest BCUT2D eigenvalue weighted by atomic mass is 32.2. The van der Waals surface area contributed by atoms with E-state index in [-0.39, 0.29) is 58.9 Å². The van der Waals surface area contributed by atoms with Crippen molar-refractivity contribution in [1.82, 2.24) is 4.90 Å². The van der Waals surface area contributed by atoms with E-state index in [1.54, 1.807) is 4.90 Å². The van der Waals surface area contributed by atoms with E-state index in [9.17, 15) is 26.4 Å². The van der Waals surface area contributed by atoms with E-state index in [4.69, 9.17) is 18.6 Å². The zero-order chi connectivity index (χ0) is 25.0. The largest absolute Gasteiger partial charge is 0.497 e. The topological polar surface area (TPSA) is 95.3 Å². The lowest BCUT2D eigenvalue weighted by Gasteiger charge is -2.33. The summed E-state index contributed by atoms with van der Waals surface area (Å²) in [5.74, 6) is -1.84. The summed E-state index contributed by atoms with van der Waals surface area (Å²) >= 11 is 0. The maximum atomic E-state index is 14.0. The molecule has 186 valence electrons. The minimum Gasteiger partial charge on any atom is -0.497 e. The van der Waals surface area contributed by atoms with Gasteiger partial charge in [0.15, 0.2) is 9.84 Å². The SMILES string of the molecule is COc1ccc(Oc2c(C(F)(F)F)oc3c4c(ccc3c2=O)OCN(C2CCS(=O)(=O)C2)C4)cc1. The lowest BCUT2D eigenvalue weighted by Crippen LogP contribution is -2.41. The molecule has 8 nitrogen and oxygen atoms in total. The number of nitrogens with zero attached hydrogens (tertiary/aromatic N) is 1. The van der Waals surface area contributed by atoms with Crippen molar-refractivity contribution < 1.29 is 40.2 Å².